The van der Waals surface area contributed by atoms with Crippen LogP contribution in [0, 0.1) is 6.92 Å². The number of Topliss-reactive ketones (excluding diaryl/α,β-unsaturated/α-hetero) is 1. The summed E-state index contributed by atoms with van der Waals surface area (Å²) in [5, 5.41) is 19.7. The fraction of sp³-hybridized carbons (Fsp3) is 0.440. The zero-order valence-corrected chi connectivity index (χ0v) is 41.6. The maximum Gasteiger partial charge on any atom is 0.287 e. The number of ketones is 1. The van der Waals surface area contributed by atoms with Gasteiger partial charge in [0.1, 0.15) is 12.6 Å². The molecule has 18 nitrogen and oxygen atoms in total. The van der Waals surface area contributed by atoms with Crippen LogP contribution in [0.3, 0.4) is 0 Å². The van der Waals surface area contributed by atoms with Gasteiger partial charge in [-0.1, -0.05) is 31.2 Å². The van der Waals surface area contributed by atoms with Crippen LogP contribution in [0.2, 0.25) is 0 Å². The molecule has 3 aliphatic heterocycles. The predicted molar refractivity (Wildman–Crippen MR) is 271 cm³/mol. The summed E-state index contributed by atoms with van der Waals surface area (Å²) in [5.41, 5.74) is 11.7. The number of aryl methyl sites for hydroxylation is 1. The van der Waals surface area contributed by atoms with Crippen molar-refractivity contribution in [2.24, 2.45) is 10.7 Å². The van der Waals surface area contributed by atoms with Crippen molar-refractivity contribution < 1.29 is 48.1 Å². The Morgan fingerprint density at radius 1 is 1.00 bits per heavy atom. The number of aliphatic imine (C=N–C) groups is 1. The molecule has 4 amide bonds. The van der Waals surface area contributed by atoms with Crippen molar-refractivity contribution in [1.29, 1.82) is 0 Å². The number of methoxy groups -OCH3 is 1. The van der Waals surface area contributed by atoms with Crippen LogP contribution in [-0.2, 0) is 40.0 Å². The number of nitrogens with two attached hydrogens (primary N) is 1. The van der Waals surface area contributed by atoms with Gasteiger partial charge in [-0.15, -0.1) is 11.8 Å². The summed E-state index contributed by atoms with van der Waals surface area (Å²) in [4.78, 5) is 84.4. The summed E-state index contributed by atoms with van der Waals surface area (Å²) in [6.45, 7) is 6.98. The highest BCUT2D eigenvalue weighted by Crippen LogP contribution is 2.39. The Morgan fingerprint density at radius 2 is 1.74 bits per heavy atom. The van der Waals surface area contributed by atoms with E-state index in [1.54, 1.807) is 12.0 Å². The molecule has 4 aliphatic rings. The molecule has 69 heavy (non-hydrogen) atoms. The van der Waals surface area contributed by atoms with Crippen molar-refractivity contribution in [2.45, 2.75) is 95.9 Å². The molecule has 0 fully saturated rings. The van der Waals surface area contributed by atoms with Crippen molar-refractivity contribution >= 4 is 72.3 Å². The summed E-state index contributed by atoms with van der Waals surface area (Å²) in [5.74, 6) is -0.0925. The number of ether oxygens (including phenoxy) is 2. The van der Waals surface area contributed by atoms with Gasteiger partial charge < -0.3 is 61.0 Å². The number of hydrogen-bond donors (Lipinski definition) is 6. The second kappa shape index (κ2) is 33.0. The van der Waals surface area contributed by atoms with Crippen LogP contribution >= 0.6 is 11.8 Å². The average Bonchev–Trinajstić information content (AvgIpc) is 4.04. The first kappa shape index (κ1) is 58.6. The molecule has 0 spiro atoms. The number of aliphatic hydroxyl groups excluding tert-OH is 1. The van der Waals surface area contributed by atoms with E-state index in [0.29, 0.717) is 74.2 Å². The molecule has 1 aliphatic carbocycles. The number of thioether (sulfide) groups is 1. The molecular weight excluding hydrogens is 905 g/mol. The van der Waals surface area contributed by atoms with Crippen molar-refractivity contribution in [1.82, 2.24) is 26.2 Å². The maximum atomic E-state index is 12.3. The Morgan fingerprint density at radius 3 is 2.38 bits per heavy atom. The molecule has 3 unspecified atom stereocenters. The molecule has 19 heteroatoms. The van der Waals surface area contributed by atoms with Gasteiger partial charge in [-0.05, 0) is 87.1 Å². The monoisotopic (exact) mass is 974 g/mol. The Balaban J connectivity index is 0.000000405. The first-order chi connectivity index (χ1) is 33.4. The van der Waals surface area contributed by atoms with Crippen LogP contribution in [0.25, 0.3) is 0 Å². The molecule has 0 aromatic heterocycles. The van der Waals surface area contributed by atoms with Crippen LogP contribution in [-0.4, -0.2) is 125 Å². The van der Waals surface area contributed by atoms with Crippen molar-refractivity contribution in [2.75, 3.05) is 52.9 Å². The molecular formula is C50H70N8O10S. The lowest BCUT2D eigenvalue weighted by atomic mass is 10.0. The fourth-order valence-corrected chi connectivity index (χ4v) is 8.10. The number of para-hydroxylation sites is 1. The standard InChI is InChI=1S/C28H34N4O4.C10H12N2OS.C9H13NO4.C2H7N.CH4O/c1-19-12-26(35-4)27(36-11-7-10-28(34)30-22-13-20(2)31(3)17-22)15-24(19)29-16-23-14-21-8-5-6-9-25(21)32(23)18-33;1-11-10-5-7-4-8(12-6-13)2-3-9(7)14-10;11-6-3-1-2-4-8(13)9(14)10-5-7-12;1-2-3;1-2/h5-6,8-9,12,15-18,20,23H,7,10-11,13-14H2,1-4H3,(H,30,34);2,4-6,9,11H,3H2,1H3,(H,12,13);6-7H,1-5H2,(H,10,14);2-3H2,1H3;2H,1H3. The predicted octanol–water partition coefficient (Wildman–Crippen LogP) is 4.46. The largest absolute Gasteiger partial charge is 0.493 e. The number of carbonyl (C=O) groups excluding carboxylic acids is 7. The smallest absolute Gasteiger partial charge is 0.287 e. The van der Waals surface area contributed by atoms with E-state index in [-0.39, 0.29) is 24.9 Å². The number of unbranched alkanes of at least 4 members (excludes halogenated alkanes) is 2. The van der Waals surface area contributed by atoms with Crippen molar-refractivity contribution in [3.05, 3.63) is 93.9 Å². The van der Waals surface area contributed by atoms with Gasteiger partial charge in [0.15, 0.2) is 11.5 Å². The number of hydrogen-bond acceptors (Lipinski definition) is 15. The SMILES string of the molecule is CCN.CNC1=CC2=CC(NC=O)=CCC2S1.CO.COc1cc(C)c(N=CC2Cc3ccccc3N2C=O)cc1OCCCC(=O)NC1=CN(C)C(C)C1.O=CCCCCC(=O)C(=O)NCC=O. The van der Waals surface area contributed by atoms with E-state index in [1.165, 1.54) is 10.6 Å². The van der Waals surface area contributed by atoms with Gasteiger partial charge in [0.2, 0.25) is 24.5 Å². The van der Waals surface area contributed by atoms with E-state index in [4.69, 9.17) is 25.3 Å². The lowest BCUT2D eigenvalue weighted by molar-refractivity contribution is -0.138. The van der Waals surface area contributed by atoms with Crippen LogP contribution in [0.5, 0.6) is 11.5 Å². The highest BCUT2D eigenvalue weighted by molar-refractivity contribution is 8.04. The van der Waals surface area contributed by atoms with Crippen LogP contribution < -0.4 is 41.4 Å². The van der Waals surface area contributed by atoms with Crippen LogP contribution in [0.15, 0.2) is 87.8 Å². The van der Waals surface area contributed by atoms with Gasteiger partial charge in [-0.2, -0.15) is 0 Å². The number of aldehydes is 2. The minimum Gasteiger partial charge on any atom is -0.493 e. The fourth-order valence-electron chi connectivity index (χ4n) is 7.00. The van der Waals surface area contributed by atoms with E-state index in [9.17, 15) is 33.6 Å². The van der Waals surface area contributed by atoms with E-state index < -0.39 is 11.7 Å². The Bertz CT molecular complexity index is 2180. The van der Waals surface area contributed by atoms with E-state index in [2.05, 4.69) is 45.2 Å². The minimum absolute atomic E-state index is 0.00852. The summed E-state index contributed by atoms with van der Waals surface area (Å²) >= 11 is 1.84. The summed E-state index contributed by atoms with van der Waals surface area (Å²) in [6.07, 6.45) is 18.0. The zero-order valence-electron chi connectivity index (χ0n) is 40.8. The van der Waals surface area contributed by atoms with Gasteiger partial charge in [-0.25, -0.2) is 0 Å². The van der Waals surface area contributed by atoms with E-state index >= 15 is 0 Å². The summed E-state index contributed by atoms with van der Waals surface area (Å²) in [7, 11) is 6.54. The van der Waals surface area contributed by atoms with Gasteiger partial charge in [0, 0.05) is 100 Å². The number of nitrogens with one attached hydrogen (secondary N) is 4. The molecule has 0 bridgehead atoms. The molecule has 0 saturated carbocycles. The highest BCUT2D eigenvalue weighted by Gasteiger charge is 2.28. The quantitative estimate of drug-likeness (QED) is 0.0438. The molecule has 376 valence electrons. The third-order valence-electron chi connectivity index (χ3n) is 10.6. The number of fused-ring (bicyclic) bond motifs is 2. The third-order valence-corrected chi connectivity index (χ3v) is 11.9. The first-order valence-electron chi connectivity index (χ1n) is 22.8. The van der Waals surface area contributed by atoms with Gasteiger partial charge in [-0.3, -0.25) is 29.0 Å². The van der Waals surface area contributed by atoms with Crippen molar-refractivity contribution in [3.8, 4) is 11.5 Å². The topological polar surface area (TPSA) is 251 Å². The third kappa shape index (κ3) is 19.9. The lowest BCUT2D eigenvalue weighted by Crippen LogP contribution is -2.32. The summed E-state index contributed by atoms with van der Waals surface area (Å²) < 4.78 is 11.5. The second-order valence-electron chi connectivity index (χ2n) is 15.6. The van der Waals surface area contributed by atoms with Crippen LogP contribution in [0.1, 0.15) is 76.3 Å². The Labute approximate surface area is 410 Å². The molecule has 6 rings (SSSR count). The number of amides is 4. The van der Waals surface area contributed by atoms with Crippen molar-refractivity contribution in [3.63, 3.8) is 0 Å². The highest BCUT2D eigenvalue weighted by atomic mass is 32.2. The Kier molecular flexibility index (Phi) is 28.0. The van der Waals surface area contributed by atoms with Crippen LogP contribution in [0.4, 0.5) is 11.4 Å². The molecule has 2 aromatic rings. The van der Waals surface area contributed by atoms with Gasteiger partial charge in [0.25, 0.3) is 5.91 Å². The molecule has 7 N–H and O–H groups in total. The number of aliphatic hydroxyl groups is 1. The second-order valence-corrected chi connectivity index (χ2v) is 16.9. The number of allylic oxidation sites excluding steroid dienone is 3. The number of anilines is 1. The van der Waals surface area contributed by atoms with E-state index in [1.807, 2.05) is 94.6 Å². The average molecular weight is 975 g/mol. The maximum absolute atomic E-state index is 12.3. The zero-order chi connectivity index (χ0) is 51.1. The van der Waals surface area contributed by atoms with E-state index in [0.717, 1.165) is 79.5 Å². The number of rotatable bonds is 21. The summed E-state index contributed by atoms with van der Waals surface area (Å²) in [6, 6.07) is 11.9. The minimum atomic E-state index is -0.733. The lowest BCUT2D eigenvalue weighted by Gasteiger charge is -2.17. The molecule has 2 aromatic carbocycles. The molecule has 3 atom stereocenters. The molecule has 0 saturated heterocycles. The van der Waals surface area contributed by atoms with Gasteiger partial charge in [0.05, 0.1) is 37.0 Å². The molecule has 3 heterocycles. The first-order valence-corrected chi connectivity index (χ1v) is 23.6. The number of benzene rings is 2. The Hall–Kier alpha value is -6.57. The molecule has 0 radical (unpaired) electrons. The number of nitrogens with zero attached hydrogens (tertiary/aromatic N) is 3. The van der Waals surface area contributed by atoms with Gasteiger partial charge >= 0.3 is 0 Å². The normalized spacial score (nSPS) is 17.0. The number of carbonyl (C=O) groups is 7.